The molecule has 0 saturated heterocycles. The molecule has 0 aliphatic heterocycles. The van der Waals surface area contributed by atoms with E-state index in [2.05, 4.69) is 18.4 Å². The third kappa shape index (κ3) is 9.54. The summed E-state index contributed by atoms with van der Waals surface area (Å²) in [6, 6.07) is 16.8. The molecule has 9 heteroatoms. The first-order valence-electron chi connectivity index (χ1n) is 14.0. The summed E-state index contributed by atoms with van der Waals surface area (Å²) in [5.74, 6) is 0.876. The minimum atomic E-state index is -0.265. The van der Waals surface area contributed by atoms with Gasteiger partial charge in [-0.2, -0.15) is 0 Å². The van der Waals surface area contributed by atoms with Crippen molar-refractivity contribution >= 4 is 23.4 Å². The fourth-order valence-corrected chi connectivity index (χ4v) is 4.77. The summed E-state index contributed by atoms with van der Waals surface area (Å²) in [5.41, 5.74) is 2.40. The number of carbonyl (C=O) groups excluding carboxylic acids is 2. The van der Waals surface area contributed by atoms with Gasteiger partial charge in [-0.25, -0.2) is 0 Å². The van der Waals surface area contributed by atoms with Gasteiger partial charge < -0.3 is 28.6 Å². The highest BCUT2D eigenvalue weighted by Crippen LogP contribution is 2.24. The van der Waals surface area contributed by atoms with Crippen molar-refractivity contribution < 1.29 is 23.8 Å². The van der Waals surface area contributed by atoms with Crippen LogP contribution in [-0.2, 0) is 22.6 Å². The lowest BCUT2D eigenvalue weighted by atomic mass is 10.1. The fourth-order valence-electron chi connectivity index (χ4n) is 4.58. The predicted octanol–water partition coefficient (Wildman–Crippen LogP) is 5.76. The number of hydrogen-bond donors (Lipinski definition) is 0. The Hall–Kier alpha value is -3.49. The molecule has 0 aliphatic carbocycles. The number of rotatable bonds is 16. The third-order valence-electron chi connectivity index (χ3n) is 6.65. The molecule has 1 heterocycles. The molecule has 0 spiro atoms. The quantitative estimate of drug-likeness (QED) is 0.200. The van der Waals surface area contributed by atoms with Crippen LogP contribution in [0.5, 0.6) is 11.5 Å². The molecule has 0 unspecified atom stereocenters. The molecular weight excluding hydrogens is 542 g/mol. The number of carbonyl (C=O) groups is 2. The SMILES string of the molecule is CCOCCCN(CC(=O)N(Cc1cccn1Cc1ccccc1Cl)CC(C)C)C(=O)c1cc(OC)cc(OC)c1. The molecule has 0 aliphatic rings. The van der Waals surface area contributed by atoms with Gasteiger partial charge in [0.15, 0.2) is 0 Å². The van der Waals surface area contributed by atoms with Crippen LogP contribution in [0.4, 0.5) is 0 Å². The Morgan fingerprint density at radius 2 is 1.68 bits per heavy atom. The van der Waals surface area contributed by atoms with Crippen LogP contribution in [0.2, 0.25) is 5.02 Å². The molecule has 2 aromatic carbocycles. The van der Waals surface area contributed by atoms with Gasteiger partial charge >= 0.3 is 0 Å². The summed E-state index contributed by atoms with van der Waals surface area (Å²) >= 11 is 6.42. The molecule has 0 radical (unpaired) electrons. The molecule has 3 aromatic rings. The Bertz CT molecular complexity index is 1250. The second-order valence-electron chi connectivity index (χ2n) is 10.3. The van der Waals surface area contributed by atoms with Gasteiger partial charge in [0.25, 0.3) is 5.91 Å². The highest BCUT2D eigenvalue weighted by atomic mass is 35.5. The summed E-state index contributed by atoms with van der Waals surface area (Å²) in [6.45, 7) is 9.09. The van der Waals surface area contributed by atoms with Crippen LogP contribution in [0.15, 0.2) is 60.8 Å². The van der Waals surface area contributed by atoms with Gasteiger partial charge in [0.1, 0.15) is 18.0 Å². The lowest BCUT2D eigenvalue weighted by molar-refractivity contribution is -0.133. The van der Waals surface area contributed by atoms with E-state index in [1.54, 1.807) is 23.1 Å². The van der Waals surface area contributed by atoms with Crippen molar-refractivity contribution in [2.24, 2.45) is 5.92 Å². The molecule has 0 N–H and O–H groups in total. The lowest BCUT2D eigenvalue weighted by Gasteiger charge is -2.29. The molecule has 1 aromatic heterocycles. The van der Waals surface area contributed by atoms with Crippen LogP contribution < -0.4 is 9.47 Å². The van der Waals surface area contributed by atoms with Crippen molar-refractivity contribution in [1.82, 2.24) is 14.4 Å². The van der Waals surface area contributed by atoms with Gasteiger partial charge in [0.05, 0.1) is 20.8 Å². The van der Waals surface area contributed by atoms with Crippen LogP contribution >= 0.6 is 11.6 Å². The Morgan fingerprint density at radius 3 is 2.32 bits per heavy atom. The maximum atomic E-state index is 13.8. The van der Waals surface area contributed by atoms with E-state index in [1.807, 2.05) is 54.4 Å². The highest BCUT2D eigenvalue weighted by molar-refractivity contribution is 6.31. The number of benzene rings is 2. The molecule has 0 atom stereocenters. The zero-order valence-electron chi connectivity index (χ0n) is 24.8. The minimum Gasteiger partial charge on any atom is -0.497 e. The second-order valence-corrected chi connectivity index (χ2v) is 10.7. The molecular formula is C32H42ClN3O5. The van der Waals surface area contributed by atoms with Gasteiger partial charge in [-0.05, 0) is 55.2 Å². The van der Waals surface area contributed by atoms with Gasteiger partial charge in [-0.3, -0.25) is 9.59 Å². The molecule has 2 amide bonds. The molecule has 0 saturated carbocycles. The summed E-state index contributed by atoms with van der Waals surface area (Å²) < 4.78 is 18.3. The Morgan fingerprint density at radius 1 is 0.976 bits per heavy atom. The summed E-state index contributed by atoms with van der Waals surface area (Å²) in [4.78, 5) is 31.0. The van der Waals surface area contributed by atoms with E-state index in [0.717, 1.165) is 11.3 Å². The third-order valence-corrected chi connectivity index (χ3v) is 7.01. The summed E-state index contributed by atoms with van der Waals surface area (Å²) in [6.07, 6.45) is 2.61. The first-order chi connectivity index (χ1) is 19.7. The van der Waals surface area contributed by atoms with Crippen molar-refractivity contribution in [3.8, 4) is 11.5 Å². The summed E-state index contributed by atoms with van der Waals surface area (Å²) in [5, 5.41) is 0.706. The largest absolute Gasteiger partial charge is 0.497 e. The van der Waals surface area contributed by atoms with Gasteiger partial charge in [0, 0.05) is 61.4 Å². The first kappa shape index (κ1) is 32.0. The first-order valence-corrected chi connectivity index (χ1v) is 14.4. The normalized spacial score (nSPS) is 11.0. The van der Waals surface area contributed by atoms with Gasteiger partial charge in [-0.15, -0.1) is 0 Å². The number of amides is 2. The van der Waals surface area contributed by atoms with Crippen molar-refractivity contribution in [3.05, 3.63) is 82.6 Å². The Labute approximate surface area is 248 Å². The molecule has 0 fully saturated rings. The van der Waals surface area contributed by atoms with E-state index in [4.69, 9.17) is 25.8 Å². The van der Waals surface area contributed by atoms with E-state index >= 15 is 0 Å². The zero-order chi connectivity index (χ0) is 29.8. The number of methoxy groups -OCH3 is 2. The van der Waals surface area contributed by atoms with Gasteiger partial charge in [-0.1, -0.05) is 43.6 Å². The highest BCUT2D eigenvalue weighted by Gasteiger charge is 2.24. The van der Waals surface area contributed by atoms with Crippen molar-refractivity contribution in [1.29, 1.82) is 0 Å². The average Bonchev–Trinajstić information content (AvgIpc) is 3.40. The maximum Gasteiger partial charge on any atom is 0.254 e. The molecule has 3 rings (SSSR count). The van der Waals surface area contributed by atoms with Crippen LogP contribution in [0.3, 0.4) is 0 Å². The van der Waals surface area contributed by atoms with E-state index in [0.29, 0.717) is 67.9 Å². The number of ether oxygens (including phenoxy) is 3. The van der Waals surface area contributed by atoms with Gasteiger partial charge in [0.2, 0.25) is 5.91 Å². The molecule has 0 bridgehead atoms. The number of nitrogens with zero attached hydrogens (tertiary/aromatic N) is 3. The molecule has 8 nitrogen and oxygen atoms in total. The average molecular weight is 584 g/mol. The van der Waals surface area contributed by atoms with E-state index in [9.17, 15) is 9.59 Å². The van der Waals surface area contributed by atoms with Crippen LogP contribution in [0, 0.1) is 5.92 Å². The van der Waals surface area contributed by atoms with Crippen molar-refractivity contribution in [2.75, 3.05) is 47.1 Å². The maximum absolute atomic E-state index is 13.8. The topological polar surface area (TPSA) is 73.2 Å². The van der Waals surface area contributed by atoms with Crippen LogP contribution in [0.25, 0.3) is 0 Å². The minimum absolute atomic E-state index is 0.0531. The number of halogens is 1. The standard InChI is InChI=1S/C32H42ClN3O5/c1-6-41-16-10-15-35(32(38)26-17-28(39-4)19-29(18-26)40-5)23-31(37)36(20-24(2)3)22-27-12-9-14-34(27)21-25-11-7-8-13-30(25)33/h7-9,11-14,17-19,24H,6,10,15-16,20-23H2,1-5H3. The Balaban J connectivity index is 1.83. The smallest absolute Gasteiger partial charge is 0.254 e. The predicted molar refractivity (Wildman–Crippen MR) is 162 cm³/mol. The molecule has 41 heavy (non-hydrogen) atoms. The van der Waals surface area contributed by atoms with Crippen LogP contribution in [0.1, 0.15) is 48.8 Å². The summed E-state index contributed by atoms with van der Waals surface area (Å²) in [7, 11) is 3.08. The van der Waals surface area contributed by atoms with Crippen molar-refractivity contribution in [2.45, 2.75) is 40.3 Å². The monoisotopic (exact) mass is 583 g/mol. The number of aromatic nitrogens is 1. The van der Waals surface area contributed by atoms with E-state index < -0.39 is 0 Å². The molecule has 222 valence electrons. The van der Waals surface area contributed by atoms with E-state index in [-0.39, 0.29) is 24.3 Å². The zero-order valence-corrected chi connectivity index (χ0v) is 25.5. The fraction of sp³-hybridized carbons (Fsp3) is 0.438. The Kier molecular flexibility index (Phi) is 12.6. The van der Waals surface area contributed by atoms with Crippen LogP contribution in [-0.4, -0.2) is 73.2 Å². The second kappa shape index (κ2) is 16.1. The van der Waals surface area contributed by atoms with Crippen molar-refractivity contribution in [3.63, 3.8) is 0 Å². The lowest BCUT2D eigenvalue weighted by Crippen LogP contribution is -2.44. The number of hydrogen-bond acceptors (Lipinski definition) is 5. The van der Waals surface area contributed by atoms with E-state index in [1.165, 1.54) is 14.2 Å².